The minimum absolute atomic E-state index is 0.115. The van der Waals surface area contributed by atoms with Crippen molar-refractivity contribution in [1.82, 2.24) is 0 Å². The van der Waals surface area contributed by atoms with Crippen LogP contribution in [-0.2, 0) is 14.8 Å². The van der Waals surface area contributed by atoms with Crippen molar-refractivity contribution in [1.29, 1.82) is 0 Å². The summed E-state index contributed by atoms with van der Waals surface area (Å²) < 4.78 is 34.4. The van der Waals surface area contributed by atoms with Crippen LogP contribution in [0.1, 0.15) is 18.1 Å². The van der Waals surface area contributed by atoms with Gasteiger partial charge in [-0.15, -0.1) is 0 Å². The van der Waals surface area contributed by atoms with E-state index in [1.165, 1.54) is 0 Å². The first kappa shape index (κ1) is 23.8. The van der Waals surface area contributed by atoms with Crippen LogP contribution in [0.5, 0.6) is 5.75 Å². The monoisotopic (exact) mass is 516 g/mol. The summed E-state index contributed by atoms with van der Waals surface area (Å²) in [5.74, 6) is 0.176. The molecular formula is C24H25BrN2O4S. The highest BCUT2D eigenvalue weighted by Gasteiger charge is 2.27. The Labute approximate surface area is 197 Å². The molecule has 0 heterocycles. The fourth-order valence-electron chi connectivity index (χ4n) is 3.08. The van der Waals surface area contributed by atoms with Gasteiger partial charge in [0.25, 0.3) is 10.0 Å². The van der Waals surface area contributed by atoms with Crippen LogP contribution in [0.3, 0.4) is 0 Å². The summed E-state index contributed by atoms with van der Waals surface area (Å²) >= 11 is 3.43. The zero-order chi connectivity index (χ0) is 23.3. The molecular weight excluding hydrogens is 492 g/mol. The van der Waals surface area contributed by atoms with Crippen LogP contribution in [0.25, 0.3) is 0 Å². The van der Waals surface area contributed by atoms with E-state index < -0.39 is 15.9 Å². The van der Waals surface area contributed by atoms with Crippen molar-refractivity contribution in [3.63, 3.8) is 0 Å². The zero-order valence-electron chi connectivity index (χ0n) is 18.1. The Morgan fingerprint density at radius 1 is 1.00 bits per heavy atom. The highest BCUT2D eigenvalue weighted by atomic mass is 79.9. The van der Waals surface area contributed by atoms with Gasteiger partial charge in [-0.3, -0.25) is 9.10 Å². The molecule has 0 fully saturated rings. The predicted molar refractivity (Wildman–Crippen MR) is 131 cm³/mol. The molecule has 1 amide bonds. The highest BCUT2D eigenvalue weighted by Crippen LogP contribution is 2.26. The average molecular weight is 517 g/mol. The van der Waals surface area contributed by atoms with Gasteiger partial charge < -0.3 is 10.1 Å². The Kier molecular flexibility index (Phi) is 7.58. The van der Waals surface area contributed by atoms with Gasteiger partial charge in [-0.1, -0.05) is 33.6 Å². The van der Waals surface area contributed by atoms with Gasteiger partial charge in [-0.2, -0.15) is 0 Å². The lowest BCUT2D eigenvalue weighted by molar-refractivity contribution is -0.114. The lowest BCUT2D eigenvalue weighted by Crippen LogP contribution is -2.38. The fraction of sp³-hybridized carbons (Fsp3) is 0.208. The molecule has 3 aromatic rings. The number of halogens is 1. The van der Waals surface area contributed by atoms with Gasteiger partial charge in [0.05, 0.1) is 17.2 Å². The summed E-state index contributed by atoms with van der Waals surface area (Å²) in [6, 6.07) is 18.6. The van der Waals surface area contributed by atoms with Crippen molar-refractivity contribution < 1.29 is 17.9 Å². The van der Waals surface area contributed by atoms with Crippen LogP contribution in [0.4, 0.5) is 11.4 Å². The summed E-state index contributed by atoms with van der Waals surface area (Å²) in [6.07, 6.45) is 0. The van der Waals surface area contributed by atoms with Gasteiger partial charge in [-0.25, -0.2) is 8.42 Å². The number of anilines is 2. The molecule has 3 rings (SSSR count). The summed E-state index contributed by atoms with van der Waals surface area (Å²) in [4.78, 5) is 13.0. The minimum Gasteiger partial charge on any atom is -0.494 e. The van der Waals surface area contributed by atoms with Gasteiger partial charge >= 0.3 is 0 Å². The molecule has 0 saturated carbocycles. The largest absolute Gasteiger partial charge is 0.494 e. The molecule has 168 valence electrons. The first-order valence-electron chi connectivity index (χ1n) is 10.1. The van der Waals surface area contributed by atoms with Crippen molar-refractivity contribution in [2.45, 2.75) is 25.7 Å². The normalized spacial score (nSPS) is 11.1. The number of sulfonamides is 1. The number of carbonyl (C=O) groups excluding carboxylic acids is 1. The van der Waals surface area contributed by atoms with Gasteiger partial charge in [0, 0.05) is 10.2 Å². The number of benzene rings is 3. The van der Waals surface area contributed by atoms with Crippen LogP contribution >= 0.6 is 15.9 Å². The zero-order valence-corrected chi connectivity index (χ0v) is 20.5. The third kappa shape index (κ3) is 5.69. The van der Waals surface area contributed by atoms with Crippen molar-refractivity contribution in [2.24, 2.45) is 0 Å². The van der Waals surface area contributed by atoms with E-state index in [1.807, 2.05) is 32.9 Å². The highest BCUT2D eigenvalue weighted by molar-refractivity contribution is 9.10. The second-order valence-corrected chi connectivity index (χ2v) is 9.98. The maximum atomic E-state index is 13.4. The molecule has 3 aromatic carbocycles. The summed E-state index contributed by atoms with van der Waals surface area (Å²) in [5, 5.41) is 2.78. The number of nitrogens with one attached hydrogen (secondary N) is 1. The maximum absolute atomic E-state index is 13.4. The van der Waals surface area contributed by atoms with Crippen molar-refractivity contribution in [2.75, 3.05) is 22.8 Å². The topological polar surface area (TPSA) is 75.7 Å². The summed E-state index contributed by atoms with van der Waals surface area (Å²) in [6.45, 7) is 5.79. The number of nitrogens with zero attached hydrogens (tertiary/aromatic N) is 1. The van der Waals surface area contributed by atoms with Gasteiger partial charge in [0.1, 0.15) is 12.3 Å². The molecule has 32 heavy (non-hydrogen) atoms. The van der Waals surface area contributed by atoms with Crippen LogP contribution in [0.15, 0.2) is 76.1 Å². The minimum atomic E-state index is -3.97. The summed E-state index contributed by atoms with van der Waals surface area (Å²) in [7, 11) is -3.97. The second-order valence-electron chi connectivity index (χ2n) is 7.26. The summed E-state index contributed by atoms with van der Waals surface area (Å²) in [5.41, 5.74) is 2.87. The number of ether oxygens (including phenoxy) is 1. The van der Waals surface area contributed by atoms with E-state index in [0.717, 1.165) is 19.9 Å². The predicted octanol–water partition coefficient (Wildman–Crippen LogP) is 5.30. The Bertz CT molecular complexity index is 1190. The average Bonchev–Trinajstić information content (AvgIpc) is 2.76. The third-order valence-corrected chi connectivity index (χ3v) is 7.45. The van der Waals surface area contributed by atoms with Crippen LogP contribution in [0.2, 0.25) is 0 Å². The van der Waals surface area contributed by atoms with E-state index in [0.29, 0.717) is 23.7 Å². The lowest BCUT2D eigenvalue weighted by atomic mass is 10.2. The molecule has 8 heteroatoms. The molecule has 0 radical (unpaired) electrons. The molecule has 0 atom stereocenters. The van der Waals surface area contributed by atoms with Crippen molar-refractivity contribution >= 4 is 43.2 Å². The Hall–Kier alpha value is -2.84. The Balaban J connectivity index is 1.93. The first-order chi connectivity index (χ1) is 15.2. The fourth-order valence-corrected chi connectivity index (χ4v) is 4.75. The molecule has 6 nitrogen and oxygen atoms in total. The molecule has 0 saturated heterocycles. The SMILES string of the molecule is CCOc1ccc(N(CC(=O)Nc2ccc(Br)c(C)c2)S(=O)(=O)c2ccc(C)cc2)cc1. The Morgan fingerprint density at radius 3 is 2.25 bits per heavy atom. The molecule has 1 N–H and O–H groups in total. The van der Waals surface area contributed by atoms with E-state index in [9.17, 15) is 13.2 Å². The molecule has 0 aliphatic rings. The van der Waals surface area contributed by atoms with E-state index in [1.54, 1.807) is 54.6 Å². The molecule has 0 aliphatic carbocycles. The number of rotatable bonds is 8. The van der Waals surface area contributed by atoms with Crippen LogP contribution in [-0.4, -0.2) is 27.5 Å². The van der Waals surface area contributed by atoms with Crippen LogP contribution < -0.4 is 14.4 Å². The number of aryl methyl sites for hydroxylation is 2. The quantitative estimate of drug-likeness (QED) is 0.440. The molecule has 0 bridgehead atoms. The van der Waals surface area contributed by atoms with Crippen LogP contribution in [0, 0.1) is 13.8 Å². The maximum Gasteiger partial charge on any atom is 0.264 e. The molecule has 0 spiro atoms. The lowest BCUT2D eigenvalue weighted by Gasteiger charge is -2.24. The standard InChI is InChI=1S/C24H25BrN2O4S/c1-4-31-21-10-8-20(9-11-21)27(32(29,30)22-12-5-17(2)6-13-22)16-24(28)26-19-7-14-23(25)18(3)15-19/h5-15H,4,16H2,1-3H3,(H,26,28). The Morgan fingerprint density at radius 2 is 1.66 bits per heavy atom. The number of carbonyl (C=O) groups is 1. The molecule has 0 unspecified atom stereocenters. The van der Waals surface area contributed by atoms with E-state index in [4.69, 9.17) is 4.74 Å². The van der Waals surface area contributed by atoms with E-state index in [-0.39, 0.29) is 11.4 Å². The van der Waals surface area contributed by atoms with Crippen molar-refractivity contribution in [3.8, 4) is 5.75 Å². The smallest absolute Gasteiger partial charge is 0.264 e. The van der Waals surface area contributed by atoms with Gasteiger partial charge in [0.15, 0.2) is 0 Å². The van der Waals surface area contributed by atoms with E-state index >= 15 is 0 Å². The number of amides is 1. The third-order valence-electron chi connectivity index (χ3n) is 4.77. The second kappa shape index (κ2) is 10.2. The van der Waals surface area contributed by atoms with Crippen molar-refractivity contribution in [3.05, 3.63) is 82.3 Å². The first-order valence-corrected chi connectivity index (χ1v) is 12.3. The molecule has 0 aliphatic heterocycles. The number of hydrogen-bond acceptors (Lipinski definition) is 4. The van der Waals surface area contributed by atoms with Gasteiger partial charge in [0.2, 0.25) is 5.91 Å². The molecule has 0 aromatic heterocycles. The van der Waals surface area contributed by atoms with Gasteiger partial charge in [-0.05, 0) is 80.9 Å². The number of hydrogen-bond donors (Lipinski definition) is 1. The van der Waals surface area contributed by atoms with E-state index in [2.05, 4.69) is 21.2 Å².